The van der Waals surface area contributed by atoms with Crippen molar-refractivity contribution in [2.24, 2.45) is 0 Å². The van der Waals surface area contributed by atoms with Gasteiger partial charge in [-0.1, -0.05) is 36.4 Å². The van der Waals surface area contributed by atoms with E-state index in [1.54, 1.807) is 7.11 Å². The van der Waals surface area contributed by atoms with E-state index < -0.39 is 0 Å². The van der Waals surface area contributed by atoms with Gasteiger partial charge < -0.3 is 9.30 Å². The second kappa shape index (κ2) is 4.81. The van der Waals surface area contributed by atoms with Crippen molar-refractivity contribution in [1.82, 2.24) is 4.57 Å². The molecular formula is C19H17NO. The number of rotatable bonds is 2. The molecule has 3 aromatic rings. The lowest BCUT2D eigenvalue weighted by Crippen LogP contribution is -2.18. The molecule has 0 saturated carbocycles. The van der Waals surface area contributed by atoms with E-state index >= 15 is 0 Å². The Morgan fingerprint density at radius 1 is 0.952 bits per heavy atom. The molecule has 0 amide bonds. The predicted molar refractivity (Wildman–Crippen MR) is 84.7 cm³/mol. The molecule has 2 heterocycles. The smallest absolute Gasteiger partial charge is 0.118 e. The Balaban J connectivity index is 1.81. The Morgan fingerprint density at radius 2 is 1.76 bits per heavy atom. The minimum Gasteiger partial charge on any atom is -0.497 e. The fourth-order valence-electron chi connectivity index (χ4n) is 3.25. The summed E-state index contributed by atoms with van der Waals surface area (Å²) in [5.74, 6) is 0.905. The number of hydrogen-bond donors (Lipinski definition) is 0. The normalized spacial score (nSPS) is 16.1. The Bertz CT molecular complexity index is 770. The fraction of sp³-hybridized carbons (Fsp3) is 0.158. The predicted octanol–water partition coefficient (Wildman–Crippen LogP) is 4.31. The summed E-state index contributed by atoms with van der Waals surface area (Å²) in [5, 5.41) is 0. The van der Waals surface area contributed by atoms with E-state index in [0.717, 1.165) is 12.2 Å². The van der Waals surface area contributed by atoms with E-state index in [2.05, 4.69) is 59.3 Å². The molecule has 0 bridgehead atoms. The zero-order chi connectivity index (χ0) is 14.2. The minimum atomic E-state index is 0.357. The van der Waals surface area contributed by atoms with Crippen LogP contribution in [-0.4, -0.2) is 11.7 Å². The maximum Gasteiger partial charge on any atom is 0.118 e. The van der Waals surface area contributed by atoms with Gasteiger partial charge in [0.15, 0.2) is 0 Å². The second-order valence-corrected chi connectivity index (χ2v) is 5.45. The van der Waals surface area contributed by atoms with Crippen LogP contribution >= 0.6 is 0 Å². The topological polar surface area (TPSA) is 14.2 Å². The van der Waals surface area contributed by atoms with Crippen LogP contribution in [0.4, 0.5) is 0 Å². The van der Waals surface area contributed by atoms with E-state index in [9.17, 15) is 0 Å². The van der Waals surface area contributed by atoms with Crippen molar-refractivity contribution >= 4 is 0 Å². The van der Waals surface area contributed by atoms with Gasteiger partial charge in [0.05, 0.1) is 13.2 Å². The molecule has 0 spiro atoms. The molecule has 2 heteroatoms. The summed E-state index contributed by atoms with van der Waals surface area (Å²) in [5.41, 5.74) is 5.40. The number of fused-ring (bicyclic) bond motifs is 3. The molecule has 0 N–H and O–H groups in total. The van der Waals surface area contributed by atoms with Gasteiger partial charge in [0, 0.05) is 17.5 Å². The van der Waals surface area contributed by atoms with Crippen LogP contribution in [0.3, 0.4) is 0 Å². The summed E-state index contributed by atoms with van der Waals surface area (Å²) in [7, 11) is 1.70. The highest BCUT2D eigenvalue weighted by Crippen LogP contribution is 2.38. The standard InChI is InChI=1S/C19H17NO/c1-21-16-10-8-14(9-11-16)19-13-15-5-2-3-6-17(15)18-7-4-12-20(18)19/h2-12,19H,13H2,1H3. The van der Waals surface area contributed by atoms with Crippen LogP contribution in [0.2, 0.25) is 0 Å². The molecule has 1 unspecified atom stereocenters. The lowest BCUT2D eigenvalue weighted by molar-refractivity contribution is 0.414. The molecule has 0 fully saturated rings. The number of benzene rings is 2. The summed E-state index contributed by atoms with van der Waals surface area (Å²) in [4.78, 5) is 0. The van der Waals surface area contributed by atoms with Gasteiger partial charge in [-0.25, -0.2) is 0 Å². The van der Waals surface area contributed by atoms with E-state index in [1.165, 1.54) is 22.4 Å². The van der Waals surface area contributed by atoms with Crippen molar-refractivity contribution in [2.75, 3.05) is 7.11 Å². The van der Waals surface area contributed by atoms with Crippen LogP contribution < -0.4 is 4.74 Å². The van der Waals surface area contributed by atoms with Gasteiger partial charge in [0.1, 0.15) is 5.75 Å². The molecule has 1 atom stereocenters. The summed E-state index contributed by atoms with van der Waals surface area (Å²) in [6.45, 7) is 0. The van der Waals surface area contributed by atoms with Crippen molar-refractivity contribution in [1.29, 1.82) is 0 Å². The first kappa shape index (κ1) is 12.3. The number of aromatic nitrogens is 1. The Morgan fingerprint density at radius 3 is 2.57 bits per heavy atom. The first-order chi connectivity index (χ1) is 10.4. The van der Waals surface area contributed by atoms with Crippen LogP contribution in [0.5, 0.6) is 5.75 Å². The first-order valence-corrected chi connectivity index (χ1v) is 7.26. The Labute approximate surface area is 124 Å². The van der Waals surface area contributed by atoms with Crippen molar-refractivity contribution in [3.05, 3.63) is 78.0 Å². The third kappa shape index (κ3) is 1.95. The van der Waals surface area contributed by atoms with E-state index in [4.69, 9.17) is 4.74 Å². The SMILES string of the molecule is COc1ccc(C2Cc3ccccc3-c3cccn32)cc1. The highest BCUT2D eigenvalue weighted by molar-refractivity contribution is 5.67. The largest absolute Gasteiger partial charge is 0.497 e. The van der Waals surface area contributed by atoms with Crippen molar-refractivity contribution in [3.63, 3.8) is 0 Å². The zero-order valence-corrected chi connectivity index (χ0v) is 12.0. The molecule has 0 radical (unpaired) electrons. The molecule has 21 heavy (non-hydrogen) atoms. The van der Waals surface area contributed by atoms with E-state index in [0.29, 0.717) is 6.04 Å². The molecular weight excluding hydrogens is 258 g/mol. The first-order valence-electron chi connectivity index (χ1n) is 7.26. The molecule has 104 valence electrons. The maximum absolute atomic E-state index is 5.26. The number of hydrogen-bond acceptors (Lipinski definition) is 1. The lowest BCUT2D eigenvalue weighted by Gasteiger charge is -2.29. The van der Waals surface area contributed by atoms with Gasteiger partial charge in [-0.15, -0.1) is 0 Å². The number of ether oxygens (including phenoxy) is 1. The molecule has 4 rings (SSSR count). The maximum atomic E-state index is 5.26. The van der Waals surface area contributed by atoms with Crippen LogP contribution in [0.15, 0.2) is 66.9 Å². The number of nitrogens with zero attached hydrogens (tertiary/aromatic N) is 1. The zero-order valence-electron chi connectivity index (χ0n) is 12.0. The summed E-state index contributed by atoms with van der Waals surface area (Å²) in [6.07, 6.45) is 3.21. The van der Waals surface area contributed by atoms with Gasteiger partial charge in [-0.2, -0.15) is 0 Å². The third-order valence-electron chi connectivity index (χ3n) is 4.32. The molecule has 0 saturated heterocycles. The van der Waals surface area contributed by atoms with E-state index in [-0.39, 0.29) is 0 Å². The van der Waals surface area contributed by atoms with Gasteiger partial charge in [-0.3, -0.25) is 0 Å². The van der Waals surface area contributed by atoms with Gasteiger partial charge in [0.2, 0.25) is 0 Å². The van der Waals surface area contributed by atoms with Gasteiger partial charge >= 0.3 is 0 Å². The molecule has 1 aliphatic rings. The van der Waals surface area contributed by atoms with Crippen LogP contribution in [0.25, 0.3) is 11.3 Å². The molecule has 0 aliphatic carbocycles. The lowest BCUT2D eigenvalue weighted by atomic mass is 9.90. The monoisotopic (exact) mass is 275 g/mol. The summed E-state index contributed by atoms with van der Waals surface area (Å²) < 4.78 is 7.64. The summed E-state index contributed by atoms with van der Waals surface area (Å²) in [6, 6.07) is 21.8. The van der Waals surface area contributed by atoms with Crippen molar-refractivity contribution < 1.29 is 4.74 Å². The molecule has 1 aromatic heterocycles. The molecule has 1 aliphatic heterocycles. The fourth-order valence-corrected chi connectivity index (χ4v) is 3.25. The molecule has 2 aromatic carbocycles. The van der Waals surface area contributed by atoms with Crippen molar-refractivity contribution in [2.45, 2.75) is 12.5 Å². The molecule has 2 nitrogen and oxygen atoms in total. The average molecular weight is 275 g/mol. The number of methoxy groups -OCH3 is 1. The Kier molecular flexibility index (Phi) is 2.81. The van der Waals surface area contributed by atoms with Crippen molar-refractivity contribution in [3.8, 4) is 17.0 Å². The average Bonchev–Trinajstić information content (AvgIpc) is 3.04. The van der Waals surface area contributed by atoms with Crippen LogP contribution in [0, 0.1) is 0 Å². The quantitative estimate of drug-likeness (QED) is 0.680. The third-order valence-corrected chi connectivity index (χ3v) is 4.32. The highest BCUT2D eigenvalue weighted by Gasteiger charge is 2.24. The minimum absolute atomic E-state index is 0.357. The summed E-state index contributed by atoms with van der Waals surface area (Å²) >= 11 is 0. The second-order valence-electron chi connectivity index (χ2n) is 5.45. The van der Waals surface area contributed by atoms with Gasteiger partial charge in [0.25, 0.3) is 0 Å². The van der Waals surface area contributed by atoms with E-state index in [1.807, 2.05) is 12.1 Å². The highest BCUT2D eigenvalue weighted by atomic mass is 16.5. The van der Waals surface area contributed by atoms with Crippen LogP contribution in [0.1, 0.15) is 17.2 Å². The van der Waals surface area contributed by atoms with Gasteiger partial charge in [-0.05, 0) is 41.8 Å². The Hall–Kier alpha value is -2.48. The van der Waals surface area contributed by atoms with Crippen LogP contribution in [-0.2, 0) is 6.42 Å².